The Balaban J connectivity index is 1.95. The molecular formula is C23H29ClF3N5O2Si. The predicted octanol–water partition coefficient (Wildman–Crippen LogP) is 6.50. The fourth-order valence-electron chi connectivity index (χ4n) is 3.02. The predicted molar refractivity (Wildman–Crippen MR) is 132 cm³/mol. The highest BCUT2D eigenvalue weighted by atomic mass is 35.5. The number of aryl methyl sites for hydroxylation is 1. The van der Waals surface area contributed by atoms with Gasteiger partial charge < -0.3 is 13.8 Å². The Labute approximate surface area is 209 Å². The number of benzene rings is 1. The van der Waals surface area contributed by atoms with Crippen LogP contribution in [0, 0.1) is 0 Å². The molecule has 0 fully saturated rings. The minimum Gasteiger partial charge on any atom is -0.491 e. The van der Waals surface area contributed by atoms with Gasteiger partial charge in [-0.1, -0.05) is 45.0 Å². The Kier molecular flexibility index (Phi) is 7.54. The molecule has 190 valence electrons. The third-order valence-electron chi connectivity index (χ3n) is 6.01. The van der Waals surface area contributed by atoms with Crippen LogP contribution in [0.25, 0.3) is 11.4 Å². The summed E-state index contributed by atoms with van der Waals surface area (Å²) < 4.78 is 52.5. The first-order valence-corrected chi connectivity index (χ1v) is 14.1. The number of hydrogen-bond acceptors (Lipinski definition) is 6. The van der Waals surface area contributed by atoms with Crippen molar-refractivity contribution in [2.24, 2.45) is 7.05 Å². The maximum absolute atomic E-state index is 13.1. The van der Waals surface area contributed by atoms with E-state index in [2.05, 4.69) is 48.8 Å². The second-order valence-electron chi connectivity index (χ2n) is 9.67. The highest BCUT2D eigenvalue weighted by Crippen LogP contribution is 2.39. The van der Waals surface area contributed by atoms with Crippen molar-refractivity contribution in [1.29, 1.82) is 0 Å². The minimum atomic E-state index is -4.50. The number of ether oxygens (including phenoxy) is 1. The Hall–Kier alpha value is -2.63. The second-order valence-corrected chi connectivity index (χ2v) is 14.7. The van der Waals surface area contributed by atoms with Gasteiger partial charge in [-0.3, -0.25) is 0 Å². The number of methoxy groups -OCH3 is 1. The molecule has 35 heavy (non-hydrogen) atoms. The molecule has 3 rings (SSSR count). The molecule has 3 aromatic rings. The fraction of sp³-hybridized carbons (Fsp3) is 0.435. The number of halogens is 4. The molecule has 1 aromatic carbocycles. The first kappa shape index (κ1) is 27.0. The molecule has 0 spiro atoms. The van der Waals surface area contributed by atoms with Crippen molar-refractivity contribution in [3.8, 4) is 17.1 Å². The summed E-state index contributed by atoms with van der Waals surface area (Å²) in [6.07, 6.45) is -2.05. The average molecular weight is 528 g/mol. The SMILES string of the molecule is COc1cnc(Cl)nc1N(Cc1ccc(-c2nc(C(F)(F)F)cn2C)cc1)O[Si](C)(C)C(C)(C)C. The van der Waals surface area contributed by atoms with E-state index in [1.807, 2.05) is 12.1 Å². The first-order chi connectivity index (χ1) is 16.1. The number of rotatable bonds is 7. The number of aromatic nitrogens is 4. The third-order valence-corrected chi connectivity index (χ3v) is 10.5. The molecule has 0 saturated heterocycles. The fourth-order valence-corrected chi connectivity index (χ4v) is 4.13. The van der Waals surface area contributed by atoms with Crippen molar-refractivity contribution in [1.82, 2.24) is 19.5 Å². The van der Waals surface area contributed by atoms with Crippen molar-refractivity contribution in [3.63, 3.8) is 0 Å². The largest absolute Gasteiger partial charge is 0.491 e. The molecule has 12 heteroatoms. The summed E-state index contributed by atoms with van der Waals surface area (Å²) in [5.41, 5.74) is 0.474. The zero-order valence-corrected chi connectivity index (χ0v) is 22.5. The smallest absolute Gasteiger partial charge is 0.434 e. The van der Waals surface area contributed by atoms with Crippen LogP contribution in [0.3, 0.4) is 0 Å². The summed E-state index contributed by atoms with van der Waals surface area (Å²) in [5, 5.41) is 1.62. The van der Waals surface area contributed by atoms with Crippen molar-refractivity contribution in [2.45, 2.75) is 51.6 Å². The van der Waals surface area contributed by atoms with Gasteiger partial charge in [0.15, 0.2) is 17.3 Å². The van der Waals surface area contributed by atoms with E-state index in [4.69, 9.17) is 20.9 Å². The van der Waals surface area contributed by atoms with Crippen molar-refractivity contribution in [2.75, 3.05) is 12.2 Å². The molecule has 0 N–H and O–H groups in total. The average Bonchev–Trinajstić information content (AvgIpc) is 3.15. The Morgan fingerprint density at radius 3 is 2.23 bits per heavy atom. The Bertz CT molecular complexity index is 1180. The van der Waals surface area contributed by atoms with Crippen LogP contribution in [0.4, 0.5) is 19.0 Å². The van der Waals surface area contributed by atoms with Crippen LogP contribution in [0.1, 0.15) is 32.0 Å². The summed E-state index contributed by atoms with van der Waals surface area (Å²) in [6.45, 7) is 10.9. The van der Waals surface area contributed by atoms with E-state index < -0.39 is 20.2 Å². The number of hydrogen-bond donors (Lipinski definition) is 0. The number of anilines is 1. The van der Waals surface area contributed by atoms with E-state index in [1.54, 1.807) is 17.2 Å². The van der Waals surface area contributed by atoms with Crippen LogP contribution in [0.5, 0.6) is 5.75 Å². The summed E-state index contributed by atoms with van der Waals surface area (Å²) in [6, 6.07) is 7.09. The lowest BCUT2D eigenvalue weighted by molar-refractivity contribution is -0.140. The Morgan fingerprint density at radius 1 is 1.09 bits per heavy atom. The third kappa shape index (κ3) is 6.14. The van der Waals surface area contributed by atoms with E-state index >= 15 is 0 Å². The van der Waals surface area contributed by atoms with Crippen molar-refractivity contribution in [3.05, 3.63) is 53.2 Å². The lowest BCUT2D eigenvalue weighted by Gasteiger charge is -2.40. The van der Waals surface area contributed by atoms with Crippen LogP contribution in [0.2, 0.25) is 23.4 Å². The summed E-state index contributed by atoms with van der Waals surface area (Å²) in [5.74, 6) is 1.01. The van der Waals surface area contributed by atoms with E-state index in [9.17, 15) is 13.2 Å². The van der Waals surface area contributed by atoms with Crippen LogP contribution in [-0.2, 0) is 24.3 Å². The molecule has 2 heterocycles. The summed E-state index contributed by atoms with van der Waals surface area (Å²) in [4.78, 5) is 12.1. The zero-order chi connectivity index (χ0) is 26.2. The molecular weight excluding hydrogens is 499 g/mol. The standard InChI is InChI=1S/C23H29ClF3N5O2Si/c1-22(2,3)35(6,7)34-32(20-17(33-5)12-28-21(24)30-20)13-15-8-10-16(11-9-15)19-29-18(14-31(19)4)23(25,26)27/h8-12,14H,13H2,1-7H3. The molecule has 0 radical (unpaired) electrons. The first-order valence-electron chi connectivity index (χ1n) is 10.9. The molecule has 0 unspecified atom stereocenters. The van der Waals surface area contributed by atoms with E-state index in [-0.39, 0.29) is 16.1 Å². The lowest BCUT2D eigenvalue weighted by Crippen LogP contribution is -2.47. The molecule has 0 atom stereocenters. The van der Waals surface area contributed by atoms with Gasteiger partial charge in [-0.05, 0) is 35.3 Å². The van der Waals surface area contributed by atoms with Gasteiger partial charge in [0.2, 0.25) is 13.6 Å². The van der Waals surface area contributed by atoms with Gasteiger partial charge in [0.05, 0.1) is 19.9 Å². The van der Waals surface area contributed by atoms with Crippen LogP contribution >= 0.6 is 11.6 Å². The van der Waals surface area contributed by atoms with E-state index in [0.717, 1.165) is 11.8 Å². The Morgan fingerprint density at radius 2 is 1.71 bits per heavy atom. The van der Waals surface area contributed by atoms with Gasteiger partial charge in [-0.2, -0.15) is 18.2 Å². The van der Waals surface area contributed by atoms with Gasteiger partial charge in [0, 0.05) is 18.8 Å². The normalized spacial score (nSPS) is 12.7. The van der Waals surface area contributed by atoms with Gasteiger partial charge in [-0.15, -0.1) is 0 Å². The molecule has 0 bridgehead atoms. The minimum absolute atomic E-state index is 0.0511. The van der Waals surface area contributed by atoms with E-state index in [0.29, 0.717) is 23.7 Å². The van der Waals surface area contributed by atoms with Crippen molar-refractivity contribution < 1.29 is 22.4 Å². The number of nitrogens with zero attached hydrogens (tertiary/aromatic N) is 5. The molecule has 0 saturated carbocycles. The van der Waals surface area contributed by atoms with Gasteiger partial charge >= 0.3 is 6.18 Å². The van der Waals surface area contributed by atoms with Crippen LogP contribution < -0.4 is 9.80 Å². The number of alkyl halides is 3. The summed E-state index contributed by atoms with van der Waals surface area (Å²) >= 11 is 6.08. The van der Waals surface area contributed by atoms with Crippen LogP contribution in [-0.4, -0.2) is 34.9 Å². The number of hydroxylamine groups is 1. The number of imidazole rings is 1. The molecule has 0 amide bonds. The topological polar surface area (TPSA) is 65.3 Å². The van der Waals surface area contributed by atoms with Gasteiger partial charge in [-0.25, -0.2) is 15.0 Å². The highest BCUT2D eigenvalue weighted by molar-refractivity contribution is 6.74. The van der Waals surface area contributed by atoms with Gasteiger partial charge in [0.25, 0.3) is 0 Å². The maximum Gasteiger partial charge on any atom is 0.434 e. The monoisotopic (exact) mass is 527 g/mol. The molecule has 7 nitrogen and oxygen atoms in total. The zero-order valence-electron chi connectivity index (χ0n) is 20.7. The molecule has 0 aliphatic rings. The maximum atomic E-state index is 13.1. The van der Waals surface area contributed by atoms with Crippen molar-refractivity contribution >= 4 is 25.7 Å². The molecule has 2 aromatic heterocycles. The summed E-state index contributed by atoms with van der Waals surface area (Å²) in [7, 11) is 0.748. The van der Waals surface area contributed by atoms with Crippen LogP contribution in [0.15, 0.2) is 36.7 Å². The highest BCUT2D eigenvalue weighted by Gasteiger charge is 2.41. The van der Waals surface area contributed by atoms with Gasteiger partial charge in [0.1, 0.15) is 5.82 Å². The molecule has 0 aliphatic carbocycles. The van der Waals surface area contributed by atoms with E-state index in [1.165, 1.54) is 24.9 Å². The molecule has 0 aliphatic heterocycles. The lowest BCUT2D eigenvalue weighted by atomic mass is 10.1. The quantitative estimate of drug-likeness (QED) is 0.198. The second kappa shape index (κ2) is 9.79.